The third kappa shape index (κ3) is 5.41. The van der Waals surface area contributed by atoms with Crippen LogP contribution in [0.5, 0.6) is 0 Å². The van der Waals surface area contributed by atoms with Gasteiger partial charge in [-0.1, -0.05) is 42.5 Å². The highest BCUT2D eigenvalue weighted by atomic mass is 32.1. The zero-order valence-electron chi connectivity index (χ0n) is 20.5. The summed E-state index contributed by atoms with van der Waals surface area (Å²) in [5, 5.41) is 14.4. The summed E-state index contributed by atoms with van der Waals surface area (Å²) in [6.45, 7) is 2.77. The predicted octanol–water partition coefficient (Wildman–Crippen LogP) is 6.27. The quantitative estimate of drug-likeness (QED) is 0.313. The van der Waals surface area contributed by atoms with Gasteiger partial charge in [-0.05, 0) is 49.6 Å². The summed E-state index contributed by atoms with van der Waals surface area (Å²) in [4.78, 5) is 24.7. The first-order valence-electron chi connectivity index (χ1n) is 12.1. The van der Waals surface area contributed by atoms with Gasteiger partial charge in [-0.2, -0.15) is 13.2 Å². The fourth-order valence-electron chi connectivity index (χ4n) is 4.57. The standard InChI is InChI=1S/C28H25F3N4O2S/c1-18-24(19-6-3-2-4-7-19)33-26(38-18)34-25(36)20-10-11-23(32-17-20)35-14-12-27(37,13-15-35)21-8-5-9-22(16-21)28(29,30)31/h2-11,16-17,37H,12-15H2,1H3,(H,33,34,36). The number of aliphatic hydroxyl groups is 1. The van der Waals surface area contributed by atoms with Crippen LogP contribution < -0.4 is 10.2 Å². The lowest BCUT2D eigenvalue weighted by Gasteiger charge is -2.39. The van der Waals surface area contributed by atoms with Gasteiger partial charge in [-0.3, -0.25) is 10.1 Å². The first-order valence-corrected chi connectivity index (χ1v) is 12.9. The van der Waals surface area contributed by atoms with Crippen molar-refractivity contribution >= 4 is 28.2 Å². The van der Waals surface area contributed by atoms with Gasteiger partial charge in [0.25, 0.3) is 5.91 Å². The summed E-state index contributed by atoms with van der Waals surface area (Å²) in [6, 6.07) is 18.0. The average Bonchev–Trinajstić information content (AvgIpc) is 3.29. The molecule has 0 radical (unpaired) electrons. The highest BCUT2D eigenvalue weighted by Gasteiger charge is 2.37. The van der Waals surface area contributed by atoms with E-state index < -0.39 is 17.3 Å². The first kappa shape index (κ1) is 25.9. The minimum Gasteiger partial charge on any atom is -0.385 e. The van der Waals surface area contributed by atoms with E-state index in [1.165, 1.54) is 29.7 Å². The molecule has 1 aliphatic heterocycles. The van der Waals surface area contributed by atoms with Crippen molar-refractivity contribution in [2.24, 2.45) is 0 Å². The van der Waals surface area contributed by atoms with E-state index in [2.05, 4.69) is 15.3 Å². The third-order valence-corrected chi connectivity index (χ3v) is 7.60. The maximum Gasteiger partial charge on any atom is 0.416 e. The molecule has 0 atom stereocenters. The van der Waals surface area contributed by atoms with Crippen LogP contribution in [0.1, 0.15) is 39.2 Å². The summed E-state index contributed by atoms with van der Waals surface area (Å²) in [7, 11) is 0. The molecular formula is C28H25F3N4O2S. The molecule has 5 rings (SSSR count). The summed E-state index contributed by atoms with van der Waals surface area (Å²) in [5.74, 6) is 0.305. The maximum atomic E-state index is 13.1. The van der Waals surface area contributed by atoms with Crippen LogP contribution in [0.25, 0.3) is 11.3 Å². The van der Waals surface area contributed by atoms with Crippen molar-refractivity contribution in [2.75, 3.05) is 23.3 Å². The van der Waals surface area contributed by atoms with Gasteiger partial charge < -0.3 is 10.0 Å². The van der Waals surface area contributed by atoms with Crippen molar-refractivity contribution in [2.45, 2.75) is 31.5 Å². The topological polar surface area (TPSA) is 78.4 Å². The fourth-order valence-corrected chi connectivity index (χ4v) is 5.40. The predicted molar refractivity (Wildman–Crippen MR) is 141 cm³/mol. The molecule has 3 heterocycles. The van der Waals surface area contributed by atoms with Crippen LogP contribution in [0.4, 0.5) is 24.1 Å². The van der Waals surface area contributed by atoms with Crippen LogP contribution in [-0.2, 0) is 11.8 Å². The van der Waals surface area contributed by atoms with Gasteiger partial charge in [-0.15, -0.1) is 11.3 Å². The number of nitrogens with zero attached hydrogens (tertiary/aromatic N) is 3. The number of amides is 1. The number of carbonyl (C=O) groups is 1. The number of alkyl halides is 3. The third-order valence-electron chi connectivity index (χ3n) is 6.72. The molecule has 38 heavy (non-hydrogen) atoms. The number of aromatic nitrogens is 2. The van der Waals surface area contributed by atoms with Gasteiger partial charge >= 0.3 is 6.18 Å². The highest BCUT2D eigenvalue weighted by Crippen LogP contribution is 2.37. The molecule has 4 aromatic rings. The van der Waals surface area contributed by atoms with E-state index >= 15 is 0 Å². The Morgan fingerprint density at radius 1 is 1.05 bits per heavy atom. The number of piperidine rings is 1. The number of anilines is 2. The van der Waals surface area contributed by atoms with Gasteiger partial charge in [0.05, 0.1) is 22.4 Å². The Labute approximate surface area is 221 Å². The molecule has 0 saturated carbocycles. The molecule has 2 aromatic heterocycles. The smallest absolute Gasteiger partial charge is 0.385 e. The Hall–Kier alpha value is -3.76. The van der Waals surface area contributed by atoms with Gasteiger partial charge in [0.2, 0.25) is 0 Å². The van der Waals surface area contributed by atoms with E-state index in [9.17, 15) is 23.1 Å². The van der Waals surface area contributed by atoms with E-state index in [0.29, 0.717) is 29.6 Å². The van der Waals surface area contributed by atoms with Crippen LogP contribution in [-0.4, -0.2) is 34.1 Å². The molecule has 10 heteroatoms. The van der Waals surface area contributed by atoms with Crippen molar-refractivity contribution in [1.29, 1.82) is 0 Å². The fraction of sp³-hybridized carbons (Fsp3) is 0.250. The monoisotopic (exact) mass is 538 g/mol. The number of halogens is 3. The van der Waals surface area contributed by atoms with Crippen LogP contribution in [0.2, 0.25) is 0 Å². The van der Waals surface area contributed by atoms with Gasteiger partial charge in [-0.25, -0.2) is 9.97 Å². The summed E-state index contributed by atoms with van der Waals surface area (Å²) < 4.78 is 39.3. The molecule has 1 amide bonds. The van der Waals surface area contributed by atoms with Crippen molar-refractivity contribution < 1.29 is 23.1 Å². The van der Waals surface area contributed by atoms with E-state index in [0.717, 1.165) is 28.3 Å². The van der Waals surface area contributed by atoms with E-state index in [4.69, 9.17) is 0 Å². The number of benzene rings is 2. The molecule has 1 aliphatic rings. The second-order valence-electron chi connectivity index (χ2n) is 9.25. The minimum absolute atomic E-state index is 0.255. The number of hydrogen-bond acceptors (Lipinski definition) is 6. The lowest BCUT2D eigenvalue weighted by molar-refractivity contribution is -0.137. The molecule has 196 valence electrons. The van der Waals surface area contributed by atoms with Gasteiger partial charge in [0, 0.05) is 29.7 Å². The van der Waals surface area contributed by atoms with Gasteiger partial charge in [0.15, 0.2) is 5.13 Å². The minimum atomic E-state index is -4.46. The molecule has 1 saturated heterocycles. The van der Waals surface area contributed by atoms with Crippen LogP contribution in [0.15, 0.2) is 72.9 Å². The van der Waals surface area contributed by atoms with Crippen LogP contribution in [0, 0.1) is 6.92 Å². The molecular weight excluding hydrogens is 513 g/mol. The zero-order chi connectivity index (χ0) is 26.9. The Morgan fingerprint density at radius 3 is 2.45 bits per heavy atom. The SMILES string of the molecule is Cc1sc(NC(=O)c2ccc(N3CCC(O)(c4cccc(C(F)(F)F)c4)CC3)nc2)nc1-c1ccccc1. The number of pyridine rings is 1. The second kappa shape index (κ2) is 10.2. The number of carbonyl (C=O) groups excluding carboxylic acids is 1. The van der Waals surface area contributed by atoms with Crippen molar-refractivity contribution in [3.8, 4) is 11.3 Å². The summed E-state index contributed by atoms with van der Waals surface area (Å²) >= 11 is 1.40. The Kier molecular flexibility index (Phi) is 6.93. The first-order chi connectivity index (χ1) is 18.1. The largest absolute Gasteiger partial charge is 0.416 e. The van der Waals surface area contributed by atoms with E-state index in [1.54, 1.807) is 12.1 Å². The van der Waals surface area contributed by atoms with E-state index in [-0.39, 0.29) is 24.3 Å². The Bertz CT molecular complexity index is 1430. The zero-order valence-corrected chi connectivity index (χ0v) is 21.3. The molecule has 0 unspecified atom stereocenters. The molecule has 0 aliphatic carbocycles. The number of rotatable bonds is 5. The highest BCUT2D eigenvalue weighted by molar-refractivity contribution is 7.16. The molecule has 0 bridgehead atoms. The van der Waals surface area contributed by atoms with Crippen molar-refractivity contribution in [3.63, 3.8) is 0 Å². The molecule has 1 fully saturated rings. The molecule has 0 spiro atoms. The lowest BCUT2D eigenvalue weighted by Crippen LogP contribution is -2.43. The molecule has 6 nitrogen and oxygen atoms in total. The maximum absolute atomic E-state index is 13.1. The Balaban J connectivity index is 1.22. The molecule has 2 N–H and O–H groups in total. The number of hydrogen-bond donors (Lipinski definition) is 2. The lowest BCUT2D eigenvalue weighted by atomic mass is 9.83. The van der Waals surface area contributed by atoms with E-state index in [1.807, 2.05) is 42.2 Å². The van der Waals surface area contributed by atoms with Crippen molar-refractivity contribution in [3.05, 3.63) is 94.5 Å². The number of thiazole rings is 1. The average molecular weight is 539 g/mol. The normalized spacial score (nSPS) is 15.3. The number of nitrogens with one attached hydrogen (secondary N) is 1. The Morgan fingerprint density at radius 2 is 1.79 bits per heavy atom. The molecule has 2 aromatic carbocycles. The van der Waals surface area contributed by atoms with Crippen LogP contribution in [0.3, 0.4) is 0 Å². The summed E-state index contributed by atoms with van der Waals surface area (Å²) in [6.07, 6.45) is -2.47. The second-order valence-corrected chi connectivity index (χ2v) is 10.4. The van der Waals surface area contributed by atoms with Crippen LogP contribution >= 0.6 is 11.3 Å². The number of aryl methyl sites for hydroxylation is 1. The van der Waals surface area contributed by atoms with Gasteiger partial charge in [0.1, 0.15) is 5.82 Å². The van der Waals surface area contributed by atoms with Crippen molar-refractivity contribution in [1.82, 2.24) is 9.97 Å². The summed E-state index contributed by atoms with van der Waals surface area (Å²) in [5.41, 5.74) is 0.330.